The van der Waals surface area contributed by atoms with Crippen LogP contribution < -0.4 is 21.3 Å². The normalized spacial score (nSPS) is 11.8. The number of pyridine rings is 1. The SMILES string of the molecule is C=CCOC(=O)NCCCC[C@H](NC(=O)CCCNc1ccccn1)C(=O)NC(CC(=O)O)c1ccc(-c2ccccc2)cc1.O=C(O)C(F)(F)F. The first kappa shape index (κ1) is 42.2. The van der Waals surface area contributed by atoms with Crippen molar-refractivity contribution in [2.24, 2.45) is 0 Å². The highest BCUT2D eigenvalue weighted by Crippen LogP contribution is 2.24. The Hall–Kier alpha value is -5.93. The van der Waals surface area contributed by atoms with Gasteiger partial charge in [-0.05, 0) is 54.5 Å². The number of unbranched alkanes of at least 4 members (excludes halogenated alkanes) is 1. The fourth-order valence-corrected chi connectivity index (χ4v) is 4.56. The van der Waals surface area contributed by atoms with E-state index in [9.17, 15) is 37.5 Å². The lowest BCUT2D eigenvalue weighted by molar-refractivity contribution is -0.192. The molecule has 0 radical (unpaired) electrons. The highest BCUT2D eigenvalue weighted by atomic mass is 19.4. The van der Waals surface area contributed by atoms with E-state index >= 15 is 0 Å². The average molecular weight is 730 g/mol. The third-order valence-corrected chi connectivity index (χ3v) is 7.08. The Bertz CT molecular complexity index is 1580. The van der Waals surface area contributed by atoms with E-state index in [0.717, 1.165) is 11.1 Å². The average Bonchev–Trinajstić information content (AvgIpc) is 3.12. The number of alkyl carbamates (subject to hydrolysis) is 1. The van der Waals surface area contributed by atoms with Gasteiger partial charge in [-0.25, -0.2) is 14.6 Å². The molecule has 0 saturated heterocycles. The van der Waals surface area contributed by atoms with Crippen molar-refractivity contribution in [1.82, 2.24) is 20.9 Å². The molecule has 2 aromatic carbocycles. The van der Waals surface area contributed by atoms with E-state index in [0.29, 0.717) is 50.2 Å². The van der Waals surface area contributed by atoms with Crippen LogP contribution in [0.25, 0.3) is 11.1 Å². The number of anilines is 1. The van der Waals surface area contributed by atoms with Crippen LogP contribution in [0.4, 0.5) is 23.8 Å². The molecule has 6 N–H and O–H groups in total. The molecule has 1 aromatic heterocycles. The van der Waals surface area contributed by atoms with E-state index in [1.54, 1.807) is 18.3 Å². The van der Waals surface area contributed by atoms with Gasteiger partial charge in [-0.1, -0.05) is 73.3 Å². The zero-order chi connectivity index (χ0) is 38.4. The molecule has 3 rings (SSSR count). The summed E-state index contributed by atoms with van der Waals surface area (Å²) in [6.07, 6.45) is -0.794. The molecule has 0 fully saturated rings. The monoisotopic (exact) mass is 729 g/mol. The largest absolute Gasteiger partial charge is 0.490 e. The van der Waals surface area contributed by atoms with Gasteiger partial charge in [0.1, 0.15) is 18.5 Å². The van der Waals surface area contributed by atoms with Gasteiger partial charge in [0.15, 0.2) is 0 Å². The summed E-state index contributed by atoms with van der Waals surface area (Å²) in [7, 11) is 0. The number of hydrogen-bond donors (Lipinski definition) is 6. The predicted octanol–water partition coefficient (Wildman–Crippen LogP) is 5.47. The number of alkyl halides is 3. The van der Waals surface area contributed by atoms with Crippen molar-refractivity contribution in [3.05, 3.63) is 97.2 Å². The number of aliphatic carboxylic acids is 2. The van der Waals surface area contributed by atoms with E-state index < -0.39 is 42.2 Å². The number of nitrogens with zero attached hydrogens (tertiary/aromatic N) is 1. The molecule has 280 valence electrons. The summed E-state index contributed by atoms with van der Waals surface area (Å²) in [6.45, 7) is 4.44. The van der Waals surface area contributed by atoms with Crippen LogP contribution in [0.15, 0.2) is 91.6 Å². The van der Waals surface area contributed by atoms with E-state index in [4.69, 9.17) is 14.6 Å². The van der Waals surface area contributed by atoms with Crippen LogP contribution in [0.5, 0.6) is 0 Å². The quantitative estimate of drug-likeness (QED) is 0.0680. The first-order valence-electron chi connectivity index (χ1n) is 16.2. The van der Waals surface area contributed by atoms with Crippen LogP contribution in [0.3, 0.4) is 0 Å². The summed E-state index contributed by atoms with van der Waals surface area (Å²) in [5, 5.41) is 28.2. The molecular weight excluding hydrogens is 687 g/mol. The van der Waals surface area contributed by atoms with Crippen molar-refractivity contribution in [1.29, 1.82) is 0 Å². The van der Waals surface area contributed by atoms with Gasteiger partial charge in [-0.15, -0.1) is 0 Å². The number of hydrogen-bond acceptors (Lipinski definition) is 8. The Labute approximate surface area is 298 Å². The summed E-state index contributed by atoms with van der Waals surface area (Å²) < 4.78 is 36.6. The number of carboxylic acid groups (broad SMARTS) is 2. The summed E-state index contributed by atoms with van der Waals surface area (Å²) in [6, 6.07) is 20.9. The number of nitrogens with one attached hydrogen (secondary N) is 4. The molecule has 0 bridgehead atoms. The summed E-state index contributed by atoms with van der Waals surface area (Å²) in [5.41, 5.74) is 2.62. The van der Waals surface area contributed by atoms with E-state index in [1.807, 2.05) is 60.7 Å². The van der Waals surface area contributed by atoms with Crippen molar-refractivity contribution >= 4 is 35.7 Å². The number of benzene rings is 2. The van der Waals surface area contributed by atoms with Crippen molar-refractivity contribution in [2.45, 2.75) is 56.8 Å². The van der Waals surface area contributed by atoms with Crippen molar-refractivity contribution < 1.29 is 52.1 Å². The number of ether oxygens (including phenoxy) is 1. The number of aromatic nitrogens is 1. The number of carbonyl (C=O) groups is 5. The predicted molar refractivity (Wildman–Crippen MR) is 186 cm³/mol. The highest BCUT2D eigenvalue weighted by Gasteiger charge is 2.38. The van der Waals surface area contributed by atoms with E-state index in [2.05, 4.69) is 32.8 Å². The molecule has 1 heterocycles. The molecule has 0 aliphatic heterocycles. The standard InChI is InChI=1S/C34H41N5O6.C2HF3O2/c1-2-23-45-34(44)37-21-8-6-13-28(38-31(40)15-10-22-36-30-14-7-9-20-35-30)33(43)39-29(24-32(41)42)27-18-16-26(17-19-27)25-11-4-3-5-12-25;3-2(4,5)1(6)7/h2-5,7,9,11-12,14,16-20,28-29H,1,6,8,10,13,15,21-24H2,(H,35,36)(H,37,44)(H,38,40)(H,39,43)(H,41,42);(H,6,7)/t28-,29?;/m0./s1. The lowest BCUT2D eigenvalue weighted by Gasteiger charge is -2.23. The Balaban J connectivity index is 0.00000121. The second-order valence-corrected chi connectivity index (χ2v) is 11.1. The van der Waals surface area contributed by atoms with Crippen molar-refractivity contribution in [3.63, 3.8) is 0 Å². The summed E-state index contributed by atoms with van der Waals surface area (Å²) >= 11 is 0. The zero-order valence-corrected chi connectivity index (χ0v) is 28.2. The smallest absolute Gasteiger partial charge is 0.481 e. The lowest BCUT2D eigenvalue weighted by Crippen LogP contribution is -2.48. The maximum atomic E-state index is 13.5. The summed E-state index contributed by atoms with van der Waals surface area (Å²) in [4.78, 5) is 62.8. The van der Waals surface area contributed by atoms with Crippen molar-refractivity contribution in [3.8, 4) is 11.1 Å². The van der Waals surface area contributed by atoms with Crippen LogP contribution in [-0.2, 0) is 23.9 Å². The molecule has 0 aliphatic carbocycles. The molecule has 16 heteroatoms. The third-order valence-electron chi connectivity index (χ3n) is 7.08. The van der Waals surface area contributed by atoms with Crippen LogP contribution in [-0.4, -0.2) is 77.0 Å². The first-order valence-corrected chi connectivity index (χ1v) is 16.2. The molecule has 52 heavy (non-hydrogen) atoms. The molecule has 0 saturated carbocycles. The zero-order valence-electron chi connectivity index (χ0n) is 28.2. The van der Waals surface area contributed by atoms with Gasteiger partial charge in [0.05, 0.1) is 12.5 Å². The number of halogens is 3. The molecule has 3 amide bonds. The first-order chi connectivity index (χ1) is 24.8. The Morgan fingerprint density at radius 3 is 2.10 bits per heavy atom. The minimum Gasteiger partial charge on any atom is -0.481 e. The minimum absolute atomic E-state index is 0.101. The lowest BCUT2D eigenvalue weighted by atomic mass is 9.98. The Morgan fingerprint density at radius 2 is 1.50 bits per heavy atom. The number of carbonyl (C=O) groups excluding carboxylic acids is 3. The second-order valence-electron chi connectivity index (χ2n) is 11.1. The van der Waals surface area contributed by atoms with Crippen molar-refractivity contribution in [2.75, 3.05) is 25.0 Å². The third kappa shape index (κ3) is 17.1. The van der Waals surface area contributed by atoms with Gasteiger partial charge in [0.2, 0.25) is 11.8 Å². The maximum Gasteiger partial charge on any atom is 0.490 e. The molecular formula is C36H42F3N5O8. The maximum absolute atomic E-state index is 13.5. The number of carboxylic acids is 2. The number of amides is 3. The van der Waals surface area contributed by atoms with Gasteiger partial charge in [0, 0.05) is 25.7 Å². The van der Waals surface area contributed by atoms with Gasteiger partial charge in [-0.3, -0.25) is 14.4 Å². The molecule has 0 spiro atoms. The Morgan fingerprint density at radius 1 is 0.846 bits per heavy atom. The topological polar surface area (TPSA) is 196 Å². The molecule has 2 atom stereocenters. The minimum atomic E-state index is -5.08. The van der Waals surface area contributed by atoms with Gasteiger partial charge < -0.3 is 36.2 Å². The van der Waals surface area contributed by atoms with Crippen LogP contribution in [0.1, 0.15) is 50.1 Å². The fraction of sp³-hybridized carbons (Fsp3) is 0.333. The highest BCUT2D eigenvalue weighted by molar-refractivity contribution is 5.88. The number of rotatable bonds is 19. The molecule has 0 aliphatic rings. The Kier molecular flexibility index (Phi) is 18.5. The van der Waals surface area contributed by atoms with Crippen LogP contribution in [0, 0.1) is 0 Å². The van der Waals surface area contributed by atoms with Crippen LogP contribution >= 0.6 is 0 Å². The van der Waals surface area contributed by atoms with Gasteiger partial charge >= 0.3 is 24.2 Å². The molecule has 3 aromatic rings. The van der Waals surface area contributed by atoms with Crippen LogP contribution in [0.2, 0.25) is 0 Å². The fourth-order valence-electron chi connectivity index (χ4n) is 4.56. The van der Waals surface area contributed by atoms with E-state index in [1.165, 1.54) is 6.08 Å². The van der Waals surface area contributed by atoms with Gasteiger partial charge in [0.25, 0.3) is 0 Å². The molecule has 1 unspecified atom stereocenters. The van der Waals surface area contributed by atoms with E-state index in [-0.39, 0.29) is 25.4 Å². The van der Waals surface area contributed by atoms with Gasteiger partial charge in [-0.2, -0.15) is 13.2 Å². The second kappa shape index (κ2) is 22.7. The summed E-state index contributed by atoms with van der Waals surface area (Å²) in [5.74, 6) is -3.90. The molecule has 13 nitrogen and oxygen atoms in total.